The Morgan fingerprint density at radius 1 is 1.24 bits per heavy atom. The lowest BCUT2D eigenvalue weighted by Gasteiger charge is -2.38. The van der Waals surface area contributed by atoms with Crippen LogP contribution < -0.4 is 5.32 Å². The Bertz CT molecular complexity index is 344. The Morgan fingerprint density at radius 3 is 2.59 bits per heavy atom. The van der Waals surface area contributed by atoms with Crippen LogP contribution in [0.15, 0.2) is 35.5 Å². The third kappa shape index (κ3) is 2.86. The summed E-state index contributed by atoms with van der Waals surface area (Å²) < 4.78 is 0. The van der Waals surface area contributed by atoms with Crippen LogP contribution in [0.3, 0.4) is 0 Å². The molecule has 0 aliphatic carbocycles. The summed E-state index contributed by atoms with van der Waals surface area (Å²) in [5.74, 6) is 0. The Hall–Kier alpha value is -1.35. The first-order valence-electron chi connectivity index (χ1n) is 6.22. The van der Waals surface area contributed by atoms with Crippen LogP contribution in [-0.4, -0.2) is 26.4 Å². The zero-order valence-corrected chi connectivity index (χ0v) is 10.2. The molecule has 1 heterocycles. The molecule has 1 N–H and O–H groups in total. The van der Waals surface area contributed by atoms with Gasteiger partial charge in [0.15, 0.2) is 0 Å². The molecule has 0 atom stereocenters. The van der Waals surface area contributed by atoms with Gasteiger partial charge in [-0.3, -0.25) is 0 Å². The van der Waals surface area contributed by atoms with Crippen LogP contribution in [0.4, 0.5) is 0 Å². The largest absolute Gasteiger partial charge is 0.396 e. The normalized spacial score (nSPS) is 18.6. The minimum absolute atomic E-state index is 0.247. The van der Waals surface area contributed by atoms with E-state index in [0.717, 1.165) is 32.4 Å². The van der Waals surface area contributed by atoms with Gasteiger partial charge in [-0.25, -0.2) is 0 Å². The molecule has 1 aromatic carbocycles. The van der Waals surface area contributed by atoms with Crippen molar-refractivity contribution < 1.29 is 4.84 Å². The average Bonchev–Trinajstić information content (AvgIpc) is 2.41. The molecule has 3 nitrogen and oxygen atoms in total. The monoisotopic (exact) mass is 232 g/mol. The maximum absolute atomic E-state index is 5.08. The van der Waals surface area contributed by atoms with Crippen molar-refractivity contribution in [1.82, 2.24) is 5.32 Å². The van der Waals surface area contributed by atoms with Gasteiger partial charge in [0.25, 0.3) is 0 Å². The van der Waals surface area contributed by atoms with Crippen molar-refractivity contribution >= 4 is 6.72 Å². The standard InChI is InChI=1S/C14H20N2O/c1-15-17-12-9-14(7-10-16-11-8-14)13-5-3-2-4-6-13/h2-6,16H,1,7-12H2. The van der Waals surface area contributed by atoms with Crippen molar-refractivity contribution in [2.45, 2.75) is 24.7 Å². The van der Waals surface area contributed by atoms with Gasteiger partial charge in [-0.05, 0) is 37.9 Å². The summed E-state index contributed by atoms with van der Waals surface area (Å²) in [7, 11) is 0. The van der Waals surface area contributed by atoms with Crippen LogP contribution in [0.1, 0.15) is 24.8 Å². The van der Waals surface area contributed by atoms with Crippen molar-refractivity contribution in [3.63, 3.8) is 0 Å². The molecular weight excluding hydrogens is 212 g/mol. The first-order valence-corrected chi connectivity index (χ1v) is 6.22. The van der Waals surface area contributed by atoms with E-state index >= 15 is 0 Å². The molecule has 0 unspecified atom stereocenters. The van der Waals surface area contributed by atoms with Gasteiger partial charge in [-0.1, -0.05) is 30.3 Å². The van der Waals surface area contributed by atoms with Crippen LogP contribution in [0.2, 0.25) is 0 Å². The van der Waals surface area contributed by atoms with E-state index in [1.54, 1.807) is 0 Å². The highest BCUT2D eigenvalue weighted by molar-refractivity contribution is 5.26. The summed E-state index contributed by atoms with van der Waals surface area (Å²) in [6, 6.07) is 10.8. The van der Waals surface area contributed by atoms with E-state index in [4.69, 9.17) is 4.84 Å². The van der Waals surface area contributed by atoms with Crippen molar-refractivity contribution in [3.8, 4) is 0 Å². The Labute approximate surface area is 103 Å². The van der Waals surface area contributed by atoms with Crippen LogP contribution in [0.5, 0.6) is 0 Å². The minimum Gasteiger partial charge on any atom is -0.396 e. The molecule has 0 aromatic heterocycles. The van der Waals surface area contributed by atoms with Gasteiger partial charge in [-0.15, -0.1) is 5.16 Å². The molecule has 92 valence electrons. The minimum atomic E-state index is 0.247. The second-order valence-corrected chi connectivity index (χ2v) is 4.61. The predicted molar refractivity (Wildman–Crippen MR) is 70.3 cm³/mol. The molecule has 0 spiro atoms. The highest BCUT2D eigenvalue weighted by atomic mass is 16.6. The fourth-order valence-corrected chi connectivity index (χ4v) is 2.69. The first kappa shape index (κ1) is 12.1. The number of nitrogens with one attached hydrogen (secondary N) is 1. The second kappa shape index (κ2) is 5.82. The number of hydrogen-bond donors (Lipinski definition) is 1. The molecule has 0 bridgehead atoms. The molecular formula is C14H20N2O. The molecule has 1 aromatic rings. The molecule has 0 amide bonds. The lowest BCUT2D eigenvalue weighted by Crippen LogP contribution is -2.40. The number of piperidine rings is 1. The fraction of sp³-hybridized carbons (Fsp3) is 0.500. The van der Waals surface area contributed by atoms with E-state index in [9.17, 15) is 0 Å². The Kier molecular flexibility index (Phi) is 4.15. The summed E-state index contributed by atoms with van der Waals surface area (Å²) in [5.41, 5.74) is 1.67. The lowest BCUT2D eigenvalue weighted by atomic mass is 9.71. The number of nitrogens with zero attached hydrogens (tertiary/aromatic N) is 1. The molecule has 2 rings (SSSR count). The molecule has 0 radical (unpaired) electrons. The smallest absolute Gasteiger partial charge is 0.118 e. The van der Waals surface area contributed by atoms with Gasteiger partial charge in [0.05, 0.1) is 0 Å². The molecule has 1 aliphatic heterocycles. The molecule has 0 saturated carbocycles. The van der Waals surface area contributed by atoms with Crippen molar-refractivity contribution in [2.75, 3.05) is 19.7 Å². The number of rotatable bonds is 5. The van der Waals surface area contributed by atoms with E-state index in [0.29, 0.717) is 6.61 Å². The predicted octanol–water partition coefficient (Wildman–Crippen LogP) is 2.33. The summed E-state index contributed by atoms with van der Waals surface area (Å²) in [4.78, 5) is 5.08. The van der Waals surface area contributed by atoms with Crippen molar-refractivity contribution in [1.29, 1.82) is 0 Å². The highest BCUT2D eigenvalue weighted by Gasteiger charge is 2.33. The third-order valence-electron chi connectivity index (χ3n) is 3.71. The van der Waals surface area contributed by atoms with Gasteiger partial charge >= 0.3 is 0 Å². The van der Waals surface area contributed by atoms with E-state index in [1.165, 1.54) is 5.56 Å². The number of oxime groups is 1. The van der Waals surface area contributed by atoms with Crippen LogP contribution >= 0.6 is 0 Å². The maximum Gasteiger partial charge on any atom is 0.118 e. The van der Waals surface area contributed by atoms with Crippen LogP contribution in [0, 0.1) is 0 Å². The summed E-state index contributed by atoms with van der Waals surface area (Å²) in [6.45, 7) is 6.16. The molecule has 1 aliphatic rings. The lowest BCUT2D eigenvalue weighted by molar-refractivity contribution is 0.114. The van der Waals surface area contributed by atoms with E-state index < -0.39 is 0 Å². The zero-order chi connectivity index (χ0) is 12.0. The van der Waals surface area contributed by atoms with Gasteiger partial charge in [0.1, 0.15) is 6.61 Å². The highest BCUT2D eigenvalue weighted by Crippen LogP contribution is 2.36. The maximum atomic E-state index is 5.08. The first-order chi connectivity index (χ1) is 8.37. The summed E-state index contributed by atoms with van der Waals surface area (Å²) in [6.07, 6.45) is 3.34. The number of benzene rings is 1. The Balaban J connectivity index is 2.14. The molecule has 1 saturated heterocycles. The zero-order valence-electron chi connectivity index (χ0n) is 10.2. The molecule has 3 heteroatoms. The number of hydrogen-bond acceptors (Lipinski definition) is 3. The Morgan fingerprint density at radius 2 is 1.94 bits per heavy atom. The topological polar surface area (TPSA) is 33.6 Å². The van der Waals surface area contributed by atoms with Gasteiger partial charge in [-0.2, -0.15) is 0 Å². The average molecular weight is 232 g/mol. The van der Waals surface area contributed by atoms with Gasteiger partial charge < -0.3 is 10.2 Å². The third-order valence-corrected chi connectivity index (χ3v) is 3.71. The summed E-state index contributed by atoms with van der Waals surface area (Å²) in [5, 5.41) is 6.90. The fourth-order valence-electron chi connectivity index (χ4n) is 2.69. The van der Waals surface area contributed by atoms with Crippen molar-refractivity contribution in [3.05, 3.63) is 35.9 Å². The summed E-state index contributed by atoms with van der Waals surface area (Å²) >= 11 is 0. The second-order valence-electron chi connectivity index (χ2n) is 4.61. The van der Waals surface area contributed by atoms with Crippen LogP contribution in [-0.2, 0) is 10.3 Å². The molecule has 1 fully saturated rings. The van der Waals surface area contributed by atoms with E-state index in [2.05, 4.69) is 47.5 Å². The quantitative estimate of drug-likeness (QED) is 0.480. The SMILES string of the molecule is C=NOCCC1(c2ccccc2)CCNCC1. The van der Waals surface area contributed by atoms with E-state index in [-0.39, 0.29) is 5.41 Å². The van der Waals surface area contributed by atoms with Gasteiger partial charge in [0.2, 0.25) is 0 Å². The van der Waals surface area contributed by atoms with Crippen molar-refractivity contribution in [2.24, 2.45) is 5.16 Å². The van der Waals surface area contributed by atoms with E-state index in [1.807, 2.05) is 0 Å². The molecule has 17 heavy (non-hydrogen) atoms. The van der Waals surface area contributed by atoms with Crippen LogP contribution in [0.25, 0.3) is 0 Å². The van der Waals surface area contributed by atoms with Gasteiger partial charge in [0, 0.05) is 12.1 Å².